The molecule has 20 heavy (non-hydrogen) atoms. The van der Waals surface area contributed by atoms with Gasteiger partial charge in [-0.2, -0.15) is 11.8 Å². The topological polar surface area (TPSA) is 49.4 Å². The molecule has 0 aromatic carbocycles. The molecule has 0 spiro atoms. The Morgan fingerprint density at radius 3 is 2.65 bits per heavy atom. The lowest BCUT2D eigenvalue weighted by Crippen LogP contribution is -2.46. The predicted molar refractivity (Wildman–Crippen MR) is 82.6 cm³/mol. The number of carbonyl (C=O) groups is 2. The average molecular weight is 298 g/mol. The van der Waals surface area contributed by atoms with Gasteiger partial charge in [-0.15, -0.1) is 0 Å². The number of rotatable bonds is 4. The molecule has 2 saturated heterocycles. The van der Waals surface area contributed by atoms with Gasteiger partial charge < -0.3 is 10.2 Å². The van der Waals surface area contributed by atoms with Gasteiger partial charge in [0.25, 0.3) is 0 Å². The van der Waals surface area contributed by atoms with Gasteiger partial charge in [-0.25, -0.2) is 0 Å². The molecule has 0 bridgehead atoms. The van der Waals surface area contributed by atoms with E-state index in [1.54, 1.807) is 0 Å². The van der Waals surface area contributed by atoms with Gasteiger partial charge in [-0.1, -0.05) is 13.8 Å². The number of hydrogen-bond acceptors (Lipinski definition) is 3. The van der Waals surface area contributed by atoms with Crippen molar-refractivity contribution in [2.75, 3.05) is 24.6 Å². The first-order valence-electron chi connectivity index (χ1n) is 7.72. The fraction of sp³-hybridized carbons (Fsp3) is 0.867. The largest absolute Gasteiger partial charge is 0.344 e. The summed E-state index contributed by atoms with van der Waals surface area (Å²) in [6.07, 6.45) is 3.58. The normalized spacial score (nSPS) is 25.8. The lowest BCUT2D eigenvalue weighted by Gasteiger charge is -2.30. The highest BCUT2D eigenvalue weighted by Crippen LogP contribution is 2.24. The first-order valence-corrected chi connectivity index (χ1v) is 8.87. The zero-order valence-electron chi connectivity index (χ0n) is 12.6. The van der Waals surface area contributed by atoms with Gasteiger partial charge in [0.1, 0.15) is 6.04 Å². The molecule has 114 valence electrons. The number of nitrogens with zero attached hydrogens (tertiary/aromatic N) is 1. The summed E-state index contributed by atoms with van der Waals surface area (Å²) in [5, 5.41) is 2.89. The molecule has 0 saturated carbocycles. The number of hydrogen-bond donors (Lipinski definition) is 1. The highest BCUT2D eigenvalue weighted by Gasteiger charge is 2.31. The second-order valence-corrected chi connectivity index (χ2v) is 7.56. The minimum Gasteiger partial charge on any atom is -0.344 e. The maximum Gasteiger partial charge on any atom is 0.245 e. The van der Waals surface area contributed by atoms with Crippen LogP contribution in [0.25, 0.3) is 0 Å². The first kappa shape index (κ1) is 15.7. The molecule has 5 heteroatoms. The van der Waals surface area contributed by atoms with E-state index < -0.39 is 0 Å². The zero-order chi connectivity index (χ0) is 14.5. The molecule has 0 aromatic rings. The van der Waals surface area contributed by atoms with E-state index in [2.05, 4.69) is 19.2 Å². The van der Waals surface area contributed by atoms with E-state index in [0.717, 1.165) is 13.0 Å². The van der Waals surface area contributed by atoms with E-state index >= 15 is 0 Å². The molecule has 1 atom stereocenters. The van der Waals surface area contributed by atoms with E-state index in [1.807, 2.05) is 16.7 Å². The minimum atomic E-state index is -0.317. The molecule has 0 aliphatic carbocycles. The van der Waals surface area contributed by atoms with Crippen molar-refractivity contribution in [3.8, 4) is 0 Å². The van der Waals surface area contributed by atoms with Crippen molar-refractivity contribution < 1.29 is 9.59 Å². The predicted octanol–water partition coefficient (Wildman–Crippen LogP) is 1.89. The van der Waals surface area contributed by atoms with E-state index in [4.69, 9.17) is 0 Å². The van der Waals surface area contributed by atoms with Gasteiger partial charge in [-0.3, -0.25) is 9.59 Å². The summed E-state index contributed by atoms with van der Waals surface area (Å²) in [7, 11) is 0. The Bertz CT molecular complexity index is 354. The fourth-order valence-electron chi connectivity index (χ4n) is 2.95. The van der Waals surface area contributed by atoms with Gasteiger partial charge in [0.15, 0.2) is 0 Å². The smallest absolute Gasteiger partial charge is 0.245 e. The SMILES string of the molecule is CC(C)CC1NC(=O)CCN(CC2CCSCC2)C1=O. The lowest BCUT2D eigenvalue weighted by molar-refractivity contribution is -0.134. The summed E-state index contributed by atoms with van der Waals surface area (Å²) in [5.74, 6) is 3.59. The molecule has 2 amide bonds. The van der Waals surface area contributed by atoms with Crippen LogP contribution in [-0.2, 0) is 9.59 Å². The molecule has 2 aliphatic rings. The van der Waals surface area contributed by atoms with Crippen LogP contribution in [-0.4, -0.2) is 47.4 Å². The van der Waals surface area contributed by atoms with Gasteiger partial charge in [0, 0.05) is 19.5 Å². The van der Waals surface area contributed by atoms with Crippen LogP contribution >= 0.6 is 11.8 Å². The van der Waals surface area contributed by atoms with E-state index in [0.29, 0.717) is 24.8 Å². The molecular weight excluding hydrogens is 272 g/mol. The van der Waals surface area contributed by atoms with Gasteiger partial charge in [0.2, 0.25) is 11.8 Å². The Balaban J connectivity index is 1.98. The van der Waals surface area contributed by atoms with Crippen LogP contribution < -0.4 is 5.32 Å². The number of nitrogens with one attached hydrogen (secondary N) is 1. The van der Waals surface area contributed by atoms with Gasteiger partial charge in [0.05, 0.1) is 0 Å². The van der Waals surface area contributed by atoms with Crippen molar-refractivity contribution in [1.29, 1.82) is 0 Å². The Hall–Kier alpha value is -0.710. The molecule has 0 radical (unpaired) electrons. The van der Waals surface area contributed by atoms with Crippen molar-refractivity contribution in [1.82, 2.24) is 10.2 Å². The molecular formula is C15H26N2O2S. The monoisotopic (exact) mass is 298 g/mol. The standard InChI is InChI=1S/C15H26N2O2S/c1-11(2)9-13-15(19)17(6-3-14(18)16-13)10-12-4-7-20-8-5-12/h11-13H,3-10H2,1-2H3,(H,16,18). The number of amides is 2. The molecule has 2 heterocycles. The Morgan fingerprint density at radius 2 is 2.00 bits per heavy atom. The quantitative estimate of drug-likeness (QED) is 0.862. The molecule has 0 aromatic heterocycles. The van der Waals surface area contributed by atoms with Crippen molar-refractivity contribution in [3.63, 3.8) is 0 Å². The molecule has 2 rings (SSSR count). The van der Waals surface area contributed by atoms with Crippen LogP contribution in [0.2, 0.25) is 0 Å². The second-order valence-electron chi connectivity index (χ2n) is 6.34. The Kier molecular flexibility index (Phi) is 5.75. The highest BCUT2D eigenvalue weighted by atomic mass is 32.2. The summed E-state index contributed by atoms with van der Waals surface area (Å²) in [6.45, 7) is 5.60. The highest BCUT2D eigenvalue weighted by molar-refractivity contribution is 7.99. The van der Waals surface area contributed by atoms with Crippen LogP contribution in [0.1, 0.15) is 39.5 Å². The van der Waals surface area contributed by atoms with Crippen molar-refractivity contribution in [3.05, 3.63) is 0 Å². The average Bonchev–Trinajstić information content (AvgIpc) is 2.53. The third-order valence-corrected chi connectivity index (χ3v) is 5.13. The van der Waals surface area contributed by atoms with Crippen LogP contribution in [0.15, 0.2) is 0 Å². The third-order valence-electron chi connectivity index (χ3n) is 4.08. The van der Waals surface area contributed by atoms with Crippen LogP contribution in [0.5, 0.6) is 0 Å². The van der Waals surface area contributed by atoms with Crippen LogP contribution in [0.4, 0.5) is 0 Å². The summed E-state index contributed by atoms with van der Waals surface area (Å²) in [4.78, 5) is 26.3. The molecule has 1 N–H and O–H groups in total. The Labute approximate surface area is 126 Å². The molecule has 4 nitrogen and oxygen atoms in total. The van der Waals surface area contributed by atoms with Gasteiger partial charge in [-0.05, 0) is 42.6 Å². The van der Waals surface area contributed by atoms with E-state index in [1.165, 1.54) is 24.3 Å². The molecule has 2 aliphatic heterocycles. The number of carbonyl (C=O) groups excluding carboxylic acids is 2. The molecule has 1 unspecified atom stereocenters. The molecule has 2 fully saturated rings. The van der Waals surface area contributed by atoms with E-state index in [-0.39, 0.29) is 17.9 Å². The van der Waals surface area contributed by atoms with Crippen LogP contribution in [0, 0.1) is 11.8 Å². The maximum atomic E-state index is 12.6. The maximum absolute atomic E-state index is 12.6. The lowest BCUT2D eigenvalue weighted by atomic mass is 10.00. The zero-order valence-corrected chi connectivity index (χ0v) is 13.4. The minimum absolute atomic E-state index is 0.0192. The van der Waals surface area contributed by atoms with Gasteiger partial charge >= 0.3 is 0 Å². The van der Waals surface area contributed by atoms with Crippen LogP contribution in [0.3, 0.4) is 0 Å². The number of thioether (sulfide) groups is 1. The fourth-order valence-corrected chi connectivity index (χ4v) is 4.15. The van der Waals surface area contributed by atoms with E-state index in [9.17, 15) is 9.59 Å². The summed E-state index contributed by atoms with van der Waals surface area (Å²) in [5.41, 5.74) is 0. The third kappa shape index (κ3) is 4.40. The summed E-state index contributed by atoms with van der Waals surface area (Å²) < 4.78 is 0. The Morgan fingerprint density at radius 1 is 1.30 bits per heavy atom. The second kappa shape index (κ2) is 7.34. The summed E-state index contributed by atoms with van der Waals surface area (Å²) >= 11 is 2.01. The first-order chi connectivity index (χ1) is 9.56. The van der Waals surface area contributed by atoms with Crippen molar-refractivity contribution >= 4 is 23.6 Å². The van der Waals surface area contributed by atoms with Crippen molar-refractivity contribution in [2.45, 2.75) is 45.6 Å². The van der Waals surface area contributed by atoms with Crippen molar-refractivity contribution in [2.24, 2.45) is 11.8 Å². The summed E-state index contributed by atoms with van der Waals surface area (Å²) in [6, 6.07) is -0.317.